The van der Waals surface area contributed by atoms with E-state index in [1.54, 1.807) is 6.26 Å². The molecule has 1 heterocycles. The fraction of sp³-hybridized carbons (Fsp3) is 0.353. The van der Waals surface area contributed by atoms with E-state index in [-0.39, 0.29) is 24.0 Å². The van der Waals surface area contributed by atoms with Gasteiger partial charge in [-0.1, -0.05) is 29.8 Å². The molecule has 0 fully saturated rings. The molecule has 2 aromatic rings. The van der Waals surface area contributed by atoms with E-state index in [0.717, 1.165) is 17.9 Å². The molecule has 2 rings (SSSR count). The third-order valence-electron chi connectivity index (χ3n) is 3.24. The van der Waals surface area contributed by atoms with Crippen molar-refractivity contribution in [2.24, 2.45) is 4.99 Å². The predicted molar refractivity (Wildman–Crippen MR) is 103 cm³/mol. The second-order valence-electron chi connectivity index (χ2n) is 5.08. The quantitative estimate of drug-likeness (QED) is 0.375. The molecule has 1 aromatic carbocycles. The number of furan rings is 1. The van der Waals surface area contributed by atoms with Gasteiger partial charge in [-0.05, 0) is 31.5 Å². The predicted octanol–water partition coefficient (Wildman–Crippen LogP) is 2.99. The molecule has 0 amide bonds. The molecule has 0 radical (unpaired) electrons. The monoisotopic (exact) mass is 429 g/mol. The fourth-order valence-electron chi connectivity index (χ4n) is 2.00. The number of aliphatic hydroxyl groups excluding tert-OH is 1. The Bertz CT molecular complexity index is 582. The van der Waals surface area contributed by atoms with Crippen LogP contribution in [-0.2, 0) is 6.54 Å². The largest absolute Gasteiger partial charge is 0.467 e. The van der Waals surface area contributed by atoms with Crippen molar-refractivity contribution < 1.29 is 9.52 Å². The van der Waals surface area contributed by atoms with Crippen molar-refractivity contribution in [3.8, 4) is 0 Å². The molecule has 1 aromatic heterocycles. The van der Waals surface area contributed by atoms with Gasteiger partial charge in [0.25, 0.3) is 0 Å². The van der Waals surface area contributed by atoms with E-state index in [4.69, 9.17) is 4.42 Å². The third-order valence-corrected chi connectivity index (χ3v) is 3.24. The van der Waals surface area contributed by atoms with E-state index in [9.17, 15) is 5.11 Å². The lowest BCUT2D eigenvalue weighted by atomic mass is 10.1. The number of aliphatic hydroxyl groups is 1. The van der Waals surface area contributed by atoms with Crippen molar-refractivity contribution in [1.82, 2.24) is 10.6 Å². The van der Waals surface area contributed by atoms with Crippen LogP contribution in [0.15, 0.2) is 52.1 Å². The van der Waals surface area contributed by atoms with Crippen LogP contribution in [0.1, 0.15) is 29.9 Å². The minimum Gasteiger partial charge on any atom is -0.467 e. The highest BCUT2D eigenvalue weighted by atomic mass is 127. The highest BCUT2D eigenvalue weighted by Crippen LogP contribution is 2.12. The average molecular weight is 429 g/mol. The van der Waals surface area contributed by atoms with Gasteiger partial charge in [0.2, 0.25) is 0 Å². The molecule has 0 saturated carbocycles. The summed E-state index contributed by atoms with van der Waals surface area (Å²) in [5, 5.41) is 16.5. The van der Waals surface area contributed by atoms with E-state index in [1.807, 2.05) is 50.2 Å². The highest BCUT2D eigenvalue weighted by Gasteiger charge is 2.08. The van der Waals surface area contributed by atoms with Crippen LogP contribution in [-0.4, -0.2) is 24.2 Å². The smallest absolute Gasteiger partial charge is 0.191 e. The number of aliphatic imine (C=N–C) groups is 1. The minimum absolute atomic E-state index is 0. The van der Waals surface area contributed by atoms with Gasteiger partial charge in [0, 0.05) is 13.1 Å². The number of hydrogen-bond donors (Lipinski definition) is 3. The Hall–Kier alpha value is -1.54. The molecule has 0 bridgehead atoms. The van der Waals surface area contributed by atoms with Crippen molar-refractivity contribution in [1.29, 1.82) is 0 Å². The molecule has 3 N–H and O–H groups in total. The van der Waals surface area contributed by atoms with E-state index >= 15 is 0 Å². The lowest BCUT2D eigenvalue weighted by Gasteiger charge is -2.15. The van der Waals surface area contributed by atoms with Crippen LogP contribution in [0, 0.1) is 6.92 Å². The second-order valence-corrected chi connectivity index (χ2v) is 5.08. The molecule has 0 saturated heterocycles. The van der Waals surface area contributed by atoms with E-state index in [1.165, 1.54) is 5.56 Å². The van der Waals surface area contributed by atoms with Gasteiger partial charge in [0.05, 0.1) is 12.4 Å². The first-order chi connectivity index (χ1) is 10.7. The fourth-order valence-corrected chi connectivity index (χ4v) is 2.00. The molecule has 0 aliphatic carbocycles. The zero-order chi connectivity index (χ0) is 15.8. The number of guanidine groups is 1. The summed E-state index contributed by atoms with van der Waals surface area (Å²) in [6, 6.07) is 11.6. The third kappa shape index (κ3) is 6.62. The first-order valence-electron chi connectivity index (χ1n) is 7.48. The van der Waals surface area contributed by atoms with E-state index in [2.05, 4.69) is 15.6 Å². The summed E-state index contributed by atoms with van der Waals surface area (Å²) in [5.74, 6) is 1.46. The summed E-state index contributed by atoms with van der Waals surface area (Å²) < 4.78 is 5.26. The Labute approximate surface area is 154 Å². The number of nitrogens with one attached hydrogen (secondary N) is 2. The SMILES string of the molecule is CCNC(=NCc1ccco1)NCC(O)c1ccc(C)cc1.I. The Morgan fingerprint density at radius 2 is 1.96 bits per heavy atom. The van der Waals surface area contributed by atoms with Crippen LogP contribution in [0.2, 0.25) is 0 Å². The maximum absolute atomic E-state index is 10.2. The Kier molecular flexibility index (Phi) is 8.71. The summed E-state index contributed by atoms with van der Waals surface area (Å²) in [4.78, 5) is 4.43. The molecule has 0 aliphatic rings. The van der Waals surface area contributed by atoms with Crippen molar-refractivity contribution in [2.45, 2.75) is 26.5 Å². The lowest BCUT2D eigenvalue weighted by Crippen LogP contribution is -2.39. The summed E-state index contributed by atoms with van der Waals surface area (Å²) in [5.41, 5.74) is 2.07. The molecule has 6 heteroatoms. The number of halogens is 1. The van der Waals surface area contributed by atoms with Crippen molar-refractivity contribution in [3.05, 3.63) is 59.5 Å². The van der Waals surface area contributed by atoms with Crippen molar-refractivity contribution in [2.75, 3.05) is 13.1 Å². The van der Waals surface area contributed by atoms with Gasteiger partial charge in [-0.3, -0.25) is 0 Å². The topological polar surface area (TPSA) is 69.8 Å². The number of aryl methyl sites for hydroxylation is 1. The van der Waals surface area contributed by atoms with Crippen LogP contribution >= 0.6 is 24.0 Å². The molecule has 1 atom stereocenters. The Balaban J connectivity index is 0.00000264. The van der Waals surface area contributed by atoms with Gasteiger partial charge >= 0.3 is 0 Å². The van der Waals surface area contributed by atoms with E-state index < -0.39 is 6.10 Å². The number of hydrogen-bond acceptors (Lipinski definition) is 3. The highest BCUT2D eigenvalue weighted by molar-refractivity contribution is 14.0. The second kappa shape index (κ2) is 10.3. The standard InChI is InChI=1S/C17H23N3O2.HI/c1-3-18-17(19-11-15-5-4-10-22-15)20-12-16(21)14-8-6-13(2)7-9-14;/h4-10,16,21H,3,11-12H2,1-2H3,(H2,18,19,20);1H. The summed E-state index contributed by atoms with van der Waals surface area (Å²) in [6.07, 6.45) is 1.06. The van der Waals surface area contributed by atoms with E-state index in [0.29, 0.717) is 19.0 Å². The van der Waals surface area contributed by atoms with Gasteiger partial charge in [0.1, 0.15) is 12.3 Å². The molecule has 23 heavy (non-hydrogen) atoms. The summed E-state index contributed by atoms with van der Waals surface area (Å²) in [6.45, 7) is 5.64. The Morgan fingerprint density at radius 1 is 1.22 bits per heavy atom. The normalized spacial score (nSPS) is 12.4. The summed E-state index contributed by atoms with van der Waals surface area (Å²) >= 11 is 0. The van der Waals surface area contributed by atoms with Gasteiger partial charge in [-0.2, -0.15) is 0 Å². The molecule has 5 nitrogen and oxygen atoms in total. The first-order valence-corrected chi connectivity index (χ1v) is 7.48. The van der Waals surface area contributed by atoms with Gasteiger partial charge in [-0.25, -0.2) is 4.99 Å². The molecular formula is C17H24IN3O2. The lowest BCUT2D eigenvalue weighted by molar-refractivity contribution is 0.181. The number of nitrogens with zero attached hydrogens (tertiary/aromatic N) is 1. The molecule has 0 aliphatic heterocycles. The number of rotatable bonds is 6. The number of benzene rings is 1. The average Bonchev–Trinajstić information content (AvgIpc) is 3.04. The van der Waals surface area contributed by atoms with Crippen LogP contribution in [0.5, 0.6) is 0 Å². The maximum atomic E-state index is 10.2. The van der Waals surface area contributed by atoms with Gasteiger partial charge in [-0.15, -0.1) is 24.0 Å². The zero-order valence-electron chi connectivity index (χ0n) is 13.5. The van der Waals surface area contributed by atoms with Crippen LogP contribution in [0.25, 0.3) is 0 Å². The molecule has 126 valence electrons. The summed E-state index contributed by atoms with van der Waals surface area (Å²) in [7, 11) is 0. The van der Waals surface area contributed by atoms with Crippen molar-refractivity contribution >= 4 is 29.9 Å². The van der Waals surface area contributed by atoms with Crippen LogP contribution in [0.3, 0.4) is 0 Å². The zero-order valence-corrected chi connectivity index (χ0v) is 15.8. The van der Waals surface area contributed by atoms with Gasteiger partial charge < -0.3 is 20.2 Å². The molecular weight excluding hydrogens is 405 g/mol. The van der Waals surface area contributed by atoms with Crippen LogP contribution in [0.4, 0.5) is 0 Å². The molecule has 0 spiro atoms. The first kappa shape index (κ1) is 19.5. The van der Waals surface area contributed by atoms with Crippen molar-refractivity contribution in [3.63, 3.8) is 0 Å². The van der Waals surface area contributed by atoms with Crippen LogP contribution < -0.4 is 10.6 Å². The molecule has 1 unspecified atom stereocenters. The maximum Gasteiger partial charge on any atom is 0.191 e. The minimum atomic E-state index is -0.576. The van der Waals surface area contributed by atoms with Gasteiger partial charge in [0.15, 0.2) is 5.96 Å². The Morgan fingerprint density at radius 3 is 2.57 bits per heavy atom.